The first kappa shape index (κ1) is 23.3. The molecule has 3 aromatic rings. The highest BCUT2D eigenvalue weighted by atomic mass is 16.7. The van der Waals surface area contributed by atoms with Crippen molar-refractivity contribution in [3.8, 4) is 5.75 Å². The first-order valence-electron chi connectivity index (χ1n) is 11.3. The van der Waals surface area contributed by atoms with E-state index in [1.165, 1.54) is 0 Å². The fourth-order valence-electron chi connectivity index (χ4n) is 3.90. The Kier molecular flexibility index (Phi) is 6.25. The van der Waals surface area contributed by atoms with E-state index in [1.807, 2.05) is 69.9 Å². The third kappa shape index (κ3) is 4.63. The molecule has 1 aromatic heterocycles. The van der Waals surface area contributed by atoms with Crippen LogP contribution in [0.3, 0.4) is 0 Å². The third-order valence-corrected chi connectivity index (χ3v) is 6.47. The zero-order chi connectivity index (χ0) is 23.8. The van der Waals surface area contributed by atoms with Gasteiger partial charge in [0.1, 0.15) is 12.4 Å². The molecule has 0 amide bonds. The molecule has 8 heteroatoms. The van der Waals surface area contributed by atoms with Crippen molar-refractivity contribution < 1.29 is 23.6 Å². The quantitative estimate of drug-likeness (QED) is 0.405. The van der Waals surface area contributed by atoms with Crippen LogP contribution in [0.5, 0.6) is 5.75 Å². The van der Waals surface area contributed by atoms with E-state index in [1.54, 1.807) is 6.92 Å². The topological polar surface area (TPSA) is 71.8 Å². The fourth-order valence-corrected chi connectivity index (χ4v) is 3.90. The Bertz CT molecular complexity index is 1150. The van der Waals surface area contributed by atoms with Crippen LogP contribution in [0.2, 0.25) is 0 Å². The highest BCUT2D eigenvalue weighted by Crippen LogP contribution is 2.37. The number of esters is 1. The summed E-state index contributed by atoms with van der Waals surface area (Å²) in [6.45, 7) is 10.7. The molecular weight excluding hydrogens is 419 g/mol. The van der Waals surface area contributed by atoms with E-state index < -0.39 is 18.3 Å². The van der Waals surface area contributed by atoms with E-state index in [0.29, 0.717) is 19.0 Å². The van der Waals surface area contributed by atoms with Crippen LogP contribution in [0.15, 0.2) is 42.6 Å². The van der Waals surface area contributed by atoms with Crippen LogP contribution in [-0.4, -0.2) is 40.7 Å². The Morgan fingerprint density at radius 3 is 2.52 bits per heavy atom. The van der Waals surface area contributed by atoms with Crippen LogP contribution < -0.4 is 10.2 Å². The smallest absolute Gasteiger partial charge is 0.489 e. The number of rotatable bonds is 7. The predicted molar refractivity (Wildman–Crippen MR) is 128 cm³/mol. The van der Waals surface area contributed by atoms with E-state index in [0.717, 1.165) is 27.5 Å². The van der Waals surface area contributed by atoms with Crippen molar-refractivity contribution in [1.29, 1.82) is 0 Å². The Morgan fingerprint density at radius 1 is 1.12 bits per heavy atom. The lowest BCUT2D eigenvalue weighted by Gasteiger charge is -2.32. The lowest BCUT2D eigenvalue weighted by atomic mass is 9.76. The molecular formula is C25H31BN2O5. The molecule has 1 fully saturated rings. The van der Waals surface area contributed by atoms with Gasteiger partial charge in [0.25, 0.3) is 0 Å². The average molecular weight is 450 g/mol. The molecule has 0 radical (unpaired) electrons. The van der Waals surface area contributed by atoms with Crippen LogP contribution in [0, 0.1) is 0 Å². The Labute approximate surface area is 195 Å². The minimum absolute atomic E-state index is 0.171. The maximum absolute atomic E-state index is 12.0. The van der Waals surface area contributed by atoms with Gasteiger partial charge in [-0.15, -0.1) is 0 Å². The molecule has 0 aliphatic carbocycles. The fraction of sp³-hybridized carbons (Fsp3) is 0.440. The van der Waals surface area contributed by atoms with Crippen molar-refractivity contribution in [3.63, 3.8) is 0 Å². The Morgan fingerprint density at radius 2 is 1.82 bits per heavy atom. The van der Waals surface area contributed by atoms with Gasteiger partial charge in [0, 0.05) is 18.0 Å². The van der Waals surface area contributed by atoms with Gasteiger partial charge in [0.05, 0.1) is 35.9 Å². The molecule has 0 spiro atoms. The first-order valence-corrected chi connectivity index (χ1v) is 11.3. The summed E-state index contributed by atoms with van der Waals surface area (Å²) in [7, 11) is 1.41. The number of hydrogen-bond donors (Lipinski definition) is 0. The number of hydrogen-bond acceptors (Lipinski definition) is 6. The van der Waals surface area contributed by atoms with Crippen molar-refractivity contribution in [2.24, 2.45) is 7.05 Å². The first-order chi connectivity index (χ1) is 15.6. The number of carbonyl (C=O) groups is 1. The molecule has 33 heavy (non-hydrogen) atoms. The summed E-state index contributed by atoms with van der Waals surface area (Å²) < 4.78 is 25.7. The number of nitrogens with zero attached hydrogens (tertiary/aromatic N) is 2. The van der Waals surface area contributed by atoms with Crippen LogP contribution in [-0.2, 0) is 38.9 Å². The van der Waals surface area contributed by atoms with Crippen LogP contribution in [0.1, 0.15) is 45.7 Å². The summed E-state index contributed by atoms with van der Waals surface area (Å²) in [5, 5.41) is 5.43. The van der Waals surface area contributed by atoms with Crippen molar-refractivity contribution in [3.05, 3.63) is 53.7 Å². The van der Waals surface area contributed by atoms with Gasteiger partial charge in [-0.05, 0) is 57.8 Å². The van der Waals surface area contributed by atoms with Gasteiger partial charge in [-0.2, -0.15) is 5.10 Å². The summed E-state index contributed by atoms with van der Waals surface area (Å²) in [5.74, 6) is 0.390. The van der Waals surface area contributed by atoms with Crippen molar-refractivity contribution in [2.45, 2.75) is 58.8 Å². The van der Waals surface area contributed by atoms with Crippen molar-refractivity contribution >= 4 is 29.5 Å². The summed E-state index contributed by atoms with van der Waals surface area (Å²) in [6, 6.07) is 11.6. The molecule has 0 atom stereocenters. The van der Waals surface area contributed by atoms with E-state index >= 15 is 0 Å². The summed E-state index contributed by atoms with van der Waals surface area (Å²) in [6.07, 6.45) is 2.01. The van der Waals surface area contributed by atoms with Crippen molar-refractivity contribution in [2.75, 3.05) is 6.61 Å². The molecule has 174 valence electrons. The maximum atomic E-state index is 12.0. The number of ether oxygens (including phenoxy) is 2. The molecule has 7 nitrogen and oxygen atoms in total. The van der Waals surface area contributed by atoms with Crippen LogP contribution in [0.4, 0.5) is 0 Å². The second-order valence-corrected chi connectivity index (χ2v) is 9.35. The number of para-hydroxylation sites is 1. The molecule has 1 aliphatic rings. The monoisotopic (exact) mass is 450 g/mol. The Balaban J connectivity index is 1.62. The van der Waals surface area contributed by atoms with E-state index in [4.69, 9.17) is 18.8 Å². The van der Waals surface area contributed by atoms with E-state index in [-0.39, 0.29) is 12.4 Å². The zero-order valence-electron chi connectivity index (χ0n) is 20.2. The molecule has 2 aromatic carbocycles. The standard InChI is InChI=1S/C25H31BN2O5/c1-7-30-23(29)14-18-10-8-9-11-22(18)31-16-17-12-20(19-15-27-28(6)21(19)13-17)26-32-24(2,3)25(4,5)33-26/h8-13,15H,7,14,16H2,1-6H3. The van der Waals surface area contributed by atoms with Crippen molar-refractivity contribution in [1.82, 2.24) is 9.78 Å². The molecule has 4 rings (SSSR count). The second kappa shape index (κ2) is 8.84. The van der Waals surface area contributed by atoms with Crippen LogP contribution in [0.25, 0.3) is 10.9 Å². The van der Waals surface area contributed by atoms with E-state index in [9.17, 15) is 4.79 Å². The second-order valence-electron chi connectivity index (χ2n) is 9.35. The maximum Gasteiger partial charge on any atom is 0.495 e. The lowest BCUT2D eigenvalue weighted by molar-refractivity contribution is -0.142. The van der Waals surface area contributed by atoms with Gasteiger partial charge < -0.3 is 18.8 Å². The number of carbonyl (C=O) groups excluding carboxylic acids is 1. The zero-order valence-corrected chi connectivity index (χ0v) is 20.2. The lowest BCUT2D eigenvalue weighted by Crippen LogP contribution is -2.41. The van der Waals surface area contributed by atoms with Gasteiger partial charge in [-0.3, -0.25) is 9.48 Å². The number of aryl methyl sites for hydroxylation is 1. The number of fused-ring (bicyclic) bond motifs is 1. The molecule has 0 saturated carbocycles. The molecule has 0 bridgehead atoms. The number of benzene rings is 2. The summed E-state index contributed by atoms with van der Waals surface area (Å²) in [5.41, 5.74) is 2.78. The molecule has 0 unspecified atom stereocenters. The largest absolute Gasteiger partial charge is 0.495 e. The number of aromatic nitrogens is 2. The van der Waals surface area contributed by atoms with Gasteiger partial charge in [0.2, 0.25) is 0 Å². The van der Waals surface area contributed by atoms with Gasteiger partial charge in [0.15, 0.2) is 0 Å². The van der Waals surface area contributed by atoms with Gasteiger partial charge in [-0.1, -0.05) is 24.3 Å². The SMILES string of the molecule is CCOC(=O)Cc1ccccc1OCc1cc(B2OC(C)(C)C(C)(C)O2)c2cnn(C)c2c1. The minimum atomic E-state index is -0.502. The average Bonchev–Trinajstić information content (AvgIpc) is 3.22. The predicted octanol–water partition coefficient (Wildman–Crippen LogP) is 3.56. The van der Waals surface area contributed by atoms with Gasteiger partial charge >= 0.3 is 13.1 Å². The molecule has 1 aliphatic heterocycles. The Hall–Kier alpha value is -2.84. The molecule has 1 saturated heterocycles. The summed E-state index contributed by atoms with van der Waals surface area (Å²) >= 11 is 0. The third-order valence-electron chi connectivity index (χ3n) is 6.47. The van der Waals surface area contributed by atoms with E-state index in [2.05, 4.69) is 17.2 Å². The molecule has 2 heterocycles. The highest BCUT2D eigenvalue weighted by molar-refractivity contribution is 6.65. The summed E-state index contributed by atoms with van der Waals surface area (Å²) in [4.78, 5) is 12.0. The normalized spacial score (nSPS) is 16.8. The highest BCUT2D eigenvalue weighted by Gasteiger charge is 2.52. The minimum Gasteiger partial charge on any atom is -0.489 e. The van der Waals surface area contributed by atoms with Gasteiger partial charge in [-0.25, -0.2) is 0 Å². The van der Waals surface area contributed by atoms with Crippen LogP contribution >= 0.6 is 0 Å². The molecule has 0 N–H and O–H groups in total.